The van der Waals surface area contributed by atoms with Crippen LogP contribution in [0.25, 0.3) is 0 Å². The summed E-state index contributed by atoms with van der Waals surface area (Å²) in [6.07, 6.45) is 5.90. The number of rotatable bonds is 4. The fourth-order valence-corrected chi connectivity index (χ4v) is 3.53. The van der Waals surface area contributed by atoms with Gasteiger partial charge in [0.2, 0.25) is 5.91 Å². The first kappa shape index (κ1) is 14.5. The fourth-order valence-electron chi connectivity index (χ4n) is 2.41. The summed E-state index contributed by atoms with van der Waals surface area (Å²) >= 11 is 1.61. The van der Waals surface area contributed by atoms with Gasteiger partial charge in [0.15, 0.2) is 5.13 Å². The van der Waals surface area contributed by atoms with E-state index >= 15 is 0 Å². The second-order valence-electron chi connectivity index (χ2n) is 5.96. The summed E-state index contributed by atoms with van der Waals surface area (Å²) in [5.74, 6) is 0.608. The van der Waals surface area contributed by atoms with Crippen LogP contribution in [0.3, 0.4) is 0 Å². The van der Waals surface area contributed by atoms with Gasteiger partial charge in [0.05, 0.1) is 11.2 Å². The Kier molecular flexibility index (Phi) is 4.26. The molecular weight excluding hydrogens is 258 g/mol. The maximum absolute atomic E-state index is 11.8. The number of amides is 1. The van der Waals surface area contributed by atoms with Gasteiger partial charge in [0, 0.05) is 4.88 Å². The molecule has 106 valence electrons. The first-order chi connectivity index (χ1) is 8.90. The first-order valence-corrected chi connectivity index (χ1v) is 7.80. The maximum Gasteiger partial charge on any atom is 0.245 e. The number of hydrogen-bond acceptors (Lipinski definition) is 4. The molecule has 1 aromatic rings. The van der Waals surface area contributed by atoms with Gasteiger partial charge < -0.3 is 11.1 Å². The zero-order valence-corrected chi connectivity index (χ0v) is 12.8. The normalized spacial score (nSPS) is 19.1. The largest absolute Gasteiger partial charge is 0.318 e. The molecule has 5 heteroatoms. The molecule has 1 aliphatic carbocycles. The van der Waals surface area contributed by atoms with E-state index in [0.29, 0.717) is 5.13 Å². The van der Waals surface area contributed by atoms with Crippen molar-refractivity contribution in [1.29, 1.82) is 0 Å². The van der Waals surface area contributed by atoms with Crippen molar-refractivity contribution < 1.29 is 4.79 Å². The summed E-state index contributed by atoms with van der Waals surface area (Å²) < 4.78 is 0. The molecule has 0 saturated heterocycles. The standard InChI is InChI=1S/C14H23N3OS/c1-4-5-9-6-7-10-11(8-9)19-13(16-10)17-12(18)14(2,3)15/h9H,4-8,15H2,1-3H3,(H,16,17,18). The third-order valence-electron chi connectivity index (χ3n) is 3.54. The van der Waals surface area contributed by atoms with Crippen LogP contribution in [0.1, 0.15) is 50.6 Å². The number of fused-ring (bicyclic) bond motifs is 1. The van der Waals surface area contributed by atoms with Crippen molar-refractivity contribution in [1.82, 2.24) is 4.98 Å². The van der Waals surface area contributed by atoms with Crippen LogP contribution in [0.4, 0.5) is 5.13 Å². The average Bonchev–Trinajstić information content (AvgIpc) is 2.69. The summed E-state index contributed by atoms with van der Waals surface area (Å²) in [5, 5.41) is 3.53. The van der Waals surface area contributed by atoms with E-state index in [9.17, 15) is 4.79 Å². The second-order valence-corrected chi connectivity index (χ2v) is 7.05. The topological polar surface area (TPSA) is 68.0 Å². The lowest BCUT2D eigenvalue weighted by Crippen LogP contribution is -2.45. The van der Waals surface area contributed by atoms with Gasteiger partial charge in [-0.2, -0.15) is 0 Å². The smallest absolute Gasteiger partial charge is 0.245 e. The van der Waals surface area contributed by atoms with Gasteiger partial charge in [0.1, 0.15) is 0 Å². The van der Waals surface area contributed by atoms with Crippen molar-refractivity contribution in [3.8, 4) is 0 Å². The molecule has 19 heavy (non-hydrogen) atoms. The fraction of sp³-hybridized carbons (Fsp3) is 0.714. The molecule has 0 spiro atoms. The van der Waals surface area contributed by atoms with Crippen molar-refractivity contribution in [2.75, 3.05) is 5.32 Å². The Balaban J connectivity index is 2.05. The minimum atomic E-state index is -0.864. The molecule has 2 rings (SSSR count). The van der Waals surface area contributed by atoms with Gasteiger partial charge in [-0.15, -0.1) is 11.3 Å². The highest BCUT2D eigenvalue weighted by molar-refractivity contribution is 7.15. The zero-order valence-electron chi connectivity index (χ0n) is 12.0. The zero-order chi connectivity index (χ0) is 14.0. The van der Waals surface area contributed by atoms with Crippen LogP contribution >= 0.6 is 11.3 Å². The minimum absolute atomic E-state index is 0.177. The van der Waals surface area contributed by atoms with Crippen LogP contribution in [0, 0.1) is 5.92 Å². The molecule has 4 nitrogen and oxygen atoms in total. The highest BCUT2D eigenvalue weighted by Gasteiger charge is 2.26. The lowest BCUT2D eigenvalue weighted by molar-refractivity contribution is -0.120. The first-order valence-electron chi connectivity index (χ1n) is 6.99. The highest BCUT2D eigenvalue weighted by atomic mass is 32.1. The molecule has 0 fully saturated rings. The van der Waals surface area contributed by atoms with E-state index in [4.69, 9.17) is 5.73 Å². The van der Waals surface area contributed by atoms with Crippen LogP contribution < -0.4 is 11.1 Å². The summed E-state index contributed by atoms with van der Waals surface area (Å²) in [6.45, 7) is 5.64. The number of anilines is 1. The van der Waals surface area contributed by atoms with E-state index in [2.05, 4.69) is 17.2 Å². The van der Waals surface area contributed by atoms with Crippen LogP contribution in [0.5, 0.6) is 0 Å². The number of nitrogens with zero attached hydrogens (tertiary/aromatic N) is 1. The van der Waals surface area contributed by atoms with Crippen LogP contribution in [-0.4, -0.2) is 16.4 Å². The minimum Gasteiger partial charge on any atom is -0.318 e. The molecule has 1 aliphatic rings. The Labute approximate surface area is 118 Å². The number of carbonyl (C=O) groups is 1. The molecule has 0 aliphatic heterocycles. The Bertz CT molecular complexity index is 462. The average molecular weight is 281 g/mol. The maximum atomic E-state index is 11.8. The van der Waals surface area contributed by atoms with Gasteiger partial charge >= 0.3 is 0 Å². The van der Waals surface area contributed by atoms with Gasteiger partial charge in [0.25, 0.3) is 0 Å². The summed E-state index contributed by atoms with van der Waals surface area (Å²) in [7, 11) is 0. The molecule has 0 radical (unpaired) electrons. The van der Waals surface area contributed by atoms with Crippen molar-refractivity contribution in [3.05, 3.63) is 10.6 Å². The number of aryl methyl sites for hydroxylation is 1. The number of carbonyl (C=O) groups excluding carboxylic acids is 1. The number of aromatic nitrogens is 1. The molecule has 1 heterocycles. The van der Waals surface area contributed by atoms with E-state index in [-0.39, 0.29) is 5.91 Å². The number of nitrogens with one attached hydrogen (secondary N) is 1. The molecule has 1 unspecified atom stereocenters. The van der Waals surface area contributed by atoms with E-state index in [1.807, 2.05) is 0 Å². The van der Waals surface area contributed by atoms with Gasteiger partial charge in [-0.05, 0) is 39.0 Å². The summed E-state index contributed by atoms with van der Waals surface area (Å²) in [6, 6.07) is 0. The molecule has 3 N–H and O–H groups in total. The lowest BCUT2D eigenvalue weighted by Gasteiger charge is -2.19. The molecule has 0 bridgehead atoms. The molecule has 1 amide bonds. The third-order valence-corrected chi connectivity index (χ3v) is 4.58. The quantitative estimate of drug-likeness (QED) is 0.891. The Morgan fingerprint density at radius 2 is 2.32 bits per heavy atom. The third kappa shape index (κ3) is 3.54. The second kappa shape index (κ2) is 5.59. The van der Waals surface area contributed by atoms with Gasteiger partial charge in [-0.25, -0.2) is 4.98 Å². The van der Waals surface area contributed by atoms with E-state index in [0.717, 1.165) is 18.8 Å². The van der Waals surface area contributed by atoms with Gasteiger partial charge in [-0.3, -0.25) is 4.79 Å². The van der Waals surface area contributed by atoms with Crippen molar-refractivity contribution in [2.45, 2.75) is 58.4 Å². The molecular formula is C14H23N3OS. The predicted octanol–water partition coefficient (Wildman–Crippen LogP) is 2.72. The van der Waals surface area contributed by atoms with E-state index in [1.165, 1.54) is 29.8 Å². The van der Waals surface area contributed by atoms with Crippen molar-refractivity contribution >= 4 is 22.4 Å². The van der Waals surface area contributed by atoms with Crippen LogP contribution in [0.15, 0.2) is 0 Å². The Morgan fingerprint density at radius 3 is 2.95 bits per heavy atom. The molecule has 1 atom stereocenters. The lowest BCUT2D eigenvalue weighted by atomic mass is 9.88. The Morgan fingerprint density at radius 1 is 1.58 bits per heavy atom. The number of nitrogens with two attached hydrogens (primary N) is 1. The van der Waals surface area contributed by atoms with Crippen molar-refractivity contribution in [2.24, 2.45) is 11.7 Å². The summed E-state index contributed by atoms with van der Waals surface area (Å²) in [4.78, 5) is 17.7. The number of hydrogen-bond donors (Lipinski definition) is 2. The molecule has 0 saturated carbocycles. The van der Waals surface area contributed by atoms with E-state index in [1.54, 1.807) is 25.2 Å². The summed E-state index contributed by atoms with van der Waals surface area (Å²) in [5.41, 5.74) is 6.08. The molecule has 0 aromatic carbocycles. The van der Waals surface area contributed by atoms with Crippen LogP contribution in [0.2, 0.25) is 0 Å². The van der Waals surface area contributed by atoms with Gasteiger partial charge in [-0.1, -0.05) is 19.8 Å². The monoisotopic (exact) mass is 281 g/mol. The van der Waals surface area contributed by atoms with Crippen molar-refractivity contribution in [3.63, 3.8) is 0 Å². The van der Waals surface area contributed by atoms with Crippen LogP contribution in [-0.2, 0) is 17.6 Å². The predicted molar refractivity (Wildman–Crippen MR) is 79.4 cm³/mol. The number of thiazole rings is 1. The highest BCUT2D eigenvalue weighted by Crippen LogP contribution is 2.34. The SMILES string of the molecule is CCCC1CCc2nc(NC(=O)C(C)(C)N)sc2C1. The van der Waals surface area contributed by atoms with E-state index < -0.39 is 5.54 Å². The Hall–Kier alpha value is -0.940. The molecule has 1 aromatic heterocycles.